The fourth-order valence-electron chi connectivity index (χ4n) is 2.35. The molecular formula is C21H27NO3. The minimum atomic E-state index is -0.550. The maximum Gasteiger partial charge on any atom is 0.260 e. The average Bonchev–Trinajstić information content (AvgIpc) is 2.62. The van der Waals surface area contributed by atoms with E-state index in [0.717, 1.165) is 17.7 Å². The topological polar surface area (TPSA) is 47.6 Å². The molecule has 0 bridgehead atoms. The third-order valence-electron chi connectivity index (χ3n) is 4.16. The van der Waals surface area contributed by atoms with Crippen LogP contribution in [0.2, 0.25) is 0 Å². The van der Waals surface area contributed by atoms with Crippen molar-refractivity contribution < 1.29 is 14.3 Å². The summed E-state index contributed by atoms with van der Waals surface area (Å²) in [5.74, 6) is 1.37. The van der Waals surface area contributed by atoms with Gasteiger partial charge in [0.15, 0.2) is 6.10 Å². The fraction of sp³-hybridized carbons (Fsp3) is 0.381. The Morgan fingerprint density at radius 2 is 1.72 bits per heavy atom. The Labute approximate surface area is 150 Å². The predicted molar refractivity (Wildman–Crippen MR) is 100 cm³/mol. The highest BCUT2D eigenvalue weighted by molar-refractivity contribution is 5.80. The molecule has 2 rings (SSSR count). The summed E-state index contributed by atoms with van der Waals surface area (Å²) in [5, 5.41) is 2.83. The quantitative estimate of drug-likeness (QED) is 0.742. The molecular weight excluding hydrogens is 314 g/mol. The lowest BCUT2D eigenvalue weighted by Gasteiger charge is -2.16. The first-order valence-electron chi connectivity index (χ1n) is 8.73. The van der Waals surface area contributed by atoms with E-state index in [1.165, 1.54) is 11.1 Å². The summed E-state index contributed by atoms with van der Waals surface area (Å²) in [6.45, 7) is 8.80. The second kappa shape index (κ2) is 9.11. The number of benzene rings is 2. The van der Waals surface area contributed by atoms with Crippen molar-refractivity contribution in [1.82, 2.24) is 5.32 Å². The van der Waals surface area contributed by atoms with Gasteiger partial charge in [-0.1, -0.05) is 25.1 Å². The zero-order chi connectivity index (χ0) is 18.2. The molecule has 0 aliphatic heterocycles. The highest BCUT2D eigenvalue weighted by Gasteiger charge is 2.14. The monoisotopic (exact) mass is 341 g/mol. The Morgan fingerprint density at radius 3 is 2.36 bits per heavy atom. The molecule has 0 heterocycles. The molecule has 0 radical (unpaired) electrons. The van der Waals surface area contributed by atoms with Gasteiger partial charge in [0.2, 0.25) is 0 Å². The third-order valence-corrected chi connectivity index (χ3v) is 4.16. The summed E-state index contributed by atoms with van der Waals surface area (Å²) in [5.41, 5.74) is 3.62. The van der Waals surface area contributed by atoms with Gasteiger partial charge in [0.1, 0.15) is 18.1 Å². The van der Waals surface area contributed by atoms with Crippen molar-refractivity contribution in [3.8, 4) is 11.5 Å². The number of aryl methyl sites for hydroxylation is 3. The van der Waals surface area contributed by atoms with Crippen molar-refractivity contribution in [2.75, 3.05) is 13.2 Å². The van der Waals surface area contributed by atoms with Crippen molar-refractivity contribution in [3.05, 3.63) is 59.2 Å². The first-order valence-corrected chi connectivity index (χ1v) is 8.73. The molecule has 2 aromatic rings. The van der Waals surface area contributed by atoms with Crippen LogP contribution in [-0.2, 0) is 11.2 Å². The van der Waals surface area contributed by atoms with Gasteiger partial charge in [-0.15, -0.1) is 0 Å². The standard InChI is InChI=1S/C21H27NO3/c1-5-18-7-10-19(11-8-18)24-13-12-22-21(23)17(4)25-20-9-6-15(2)16(3)14-20/h6-11,14,17H,5,12-13H2,1-4H3,(H,22,23)/t17-/m1/s1. The maximum atomic E-state index is 12.1. The molecule has 0 fully saturated rings. The van der Waals surface area contributed by atoms with Crippen LogP contribution >= 0.6 is 0 Å². The summed E-state index contributed by atoms with van der Waals surface area (Å²) < 4.78 is 11.3. The van der Waals surface area contributed by atoms with Crippen molar-refractivity contribution in [1.29, 1.82) is 0 Å². The second-order valence-corrected chi connectivity index (χ2v) is 6.14. The average molecular weight is 341 g/mol. The Balaban J connectivity index is 1.72. The molecule has 0 saturated carbocycles. The van der Waals surface area contributed by atoms with Gasteiger partial charge in [0, 0.05) is 0 Å². The van der Waals surface area contributed by atoms with Crippen LogP contribution in [0.3, 0.4) is 0 Å². The zero-order valence-electron chi connectivity index (χ0n) is 15.5. The molecule has 25 heavy (non-hydrogen) atoms. The molecule has 0 aliphatic rings. The summed E-state index contributed by atoms with van der Waals surface area (Å²) in [6.07, 6.45) is 0.459. The van der Waals surface area contributed by atoms with Crippen LogP contribution in [0.5, 0.6) is 11.5 Å². The number of ether oxygens (including phenoxy) is 2. The molecule has 0 saturated heterocycles. The van der Waals surface area contributed by atoms with Crippen LogP contribution in [0.4, 0.5) is 0 Å². The summed E-state index contributed by atoms with van der Waals surface area (Å²) in [6, 6.07) is 13.8. The van der Waals surface area contributed by atoms with E-state index in [1.54, 1.807) is 6.92 Å². The van der Waals surface area contributed by atoms with Crippen molar-refractivity contribution in [2.45, 2.75) is 40.2 Å². The van der Waals surface area contributed by atoms with E-state index in [1.807, 2.05) is 56.3 Å². The highest BCUT2D eigenvalue weighted by Crippen LogP contribution is 2.17. The molecule has 1 atom stereocenters. The number of rotatable bonds is 8. The second-order valence-electron chi connectivity index (χ2n) is 6.14. The van der Waals surface area contributed by atoms with E-state index in [0.29, 0.717) is 18.9 Å². The minimum Gasteiger partial charge on any atom is -0.492 e. The molecule has 4 heteroatoms. The summed E-state index contributed by atoms with van der Waals surface area (Å²) in [7, 11) is 0. The van der Waals surface area contributed by atoms with Crippen LogP contribution in [0.15, 0.2) is 42.5 Å². The smallest absolute Gasteiger partial charge is 0.260 e. The number of carbonyl (C=O) groups is 1. The van der Waals surface area contributed by atoms with Crippen LogP contribution in [0, 0.1) is 13.8 Å². The van der Waals surface area contributed by atoms with E-state index in [4.69, 9.17) is 9.47 Å². The molecule has 0 aromatic heterocycles. The SMILES string of the molecule is CCc1ccc(OCCNC(=O)[C@@H](C)Oc2ccc(C)c(C)c2)cc1. The van der Waals surface area contributed by atoms with Crippen LogP contribution in [0.25, 0.3) is 0 Å². The van der Waals surface area contributed by atoms with Gasteiger partial charge < -0.3 is 14.8 Å². The van der Waals surface area contributed by atoms with Gasteiger partial charge in [-0.3, -0.25) is 4.79 Å². The number of carbonyl (C=O) groups excluding carboxylic acids is 1. The minimum absolute atomic E-state index is 0.150. The normalized spacial score (nSPS) is 11.7. The molecule has 0 spiro atoms. The number of nitrogens with one attached hydrogen (secondary N) is 1. The third kappa shape index (κ3) is 5.82. The summed E-state index contributed by atoms with van der Waals surface area (Å²) >= 11 is 0. The van der Waals surface area contributed by atoms with E-state index < -0.39 is 6.10 Å². The van der Waals surface area contributed by atoms with E-state index in [9.17, 15) is 4.79 Å². The first kappa shape index (κ1) is 18.8. The largest absolute Gasteiger partial charge is 0.492 e. The summed E-state index contributed by atoms with van der Waals surface area (Å²) in [4.78, 5) is 12.1. The van der Waals surface area contributed by atoms with Crippen molar-refractivity contribution >= 4 is 5.91 Å². The highest BCUT2D eigenvalue weighted by atomic mass is 16.5. The number of hydrogen-bond acceptors (Lipinski definition) is 3. The number of hydrogen-bond donors (Lipinski definition) is 1. The van der Waals surface area contributed by atoms with E-state index >= 15 is 0 Å². The molecule has 134 valence electrons. The van der Waals surface area contributed by atoms with Crippen LogP contribution < -0.4 is 14.8 Å². The predicted octanol–water partition coefficient (Wildman–Crippen LogP) is 3.83. The zero-order valence-corrected chi connectivity index (χ0v) is 15.5. The Bertz CT molecular complexity index is 695. The fourth-order valence-corrected chi connectivity index (χ4v) is 2.35. The molecule has 0 aliphatic carbocycles. The van der Waals surface area contributed by atoms with Crippen molar-refractivity contribution in [3.63, 3.8) is 0 Å². The van der Waals surface area contributed by atoms with Gasteiger partial charge in [-0.05, 0) is 68.1 Å². The molecule has 0 unspecified atom stereocenters. The lowest BCUT2D eigenvalue weighted by atomic mass is 10.1. The Hall–Kier alpha value is -2.49. The van der Waals surface area contributed by atoms with Crippen LogP contribution in [0.1, 0.15) is 30.5 Å². The van der Waals surface area contributed by atoms with Gasteiger partial charge in [-0.25, -0.2) is 0 Å². The number of amides is 1. The lowest BCUT2D eigenvalue weighted by molar-refractivity contribution is -0.127. The van der Waals surface area contributed by atoms with Gasteiger partial charge in [-0.2, -0.15) is 0 Å². The van der Waals surface area contributed by atoms with Crippen molar-refractivity contribution in [2.24, 2.45) is 0 Å². The van der Waals surface area contributed by atoms with E-state index in [-0.39, 0.29) is 5.91 Å². The van der Waals surface area contributed by atoms with Crippen LogP contribution in [-0.4, -0.2) is 25.2 Å². The van der Waals surface area contributed by atoms with Gasteiger partial charge in [0.05, 0.1) is 6.54 Å². The first-order chi connectivity index (χ1) is 12.0. The Kier molecular flexibility index (Phi) is 6.87. The van der Waals surface area contributed by atoms with Gasteiger partial charge in [0.25, 0.3) is 5.91 Å². The Morgan fingerprint density at radius 1 is 1.04 bits per heavy atom. The lowest BCUT2D eigenvalue weighted by Crippen LogP contribution is -2.38. The molecule has 1 N–H and O–H groups in total. The maximum absolute atomic E-state index is 12.1. The van der Waals surface area contributed by atoms with Gasteiger partial charge >= 0.3 is 0 Å². The molecule has 2 aromatic carbocycles. The van der Waals surface area contributed by atoms with E-state index in [2.05, 4.69) is 12.2 Å². The molecule has 1 amide bonds. The molecule has 4 nitrogen and oxygen atoms in total.